The maximum absolute atomic E-state index is 14.7. The van der Waals surface area contributed by atoms with Gasteiger partial charge in [0.15, 0.2) is 16.3 Å². The van der Waals surface area contributed by atoms with Crippen LogP contribution in [0.5, 0.6) is 5.75 Å². The normalized spacial score (nSPS) is 15.4. The molecule has 150 valence electrons. The average molecular weight is 416 g/mol. The second kappa shape index (κ2) is 6.62. The molecule has 1 amide bonds. The SMILES string of the molecule is CCCN1C(=O)C(F)(F)Oc2cc(F)c(-n3c(=O)n(C)c(=S)n(C)c3=O)cc21. The van der Waals surface area contributed by atoms with E-state index in [-0.39, 0.29) is 17.0 Å². The minimum Gasteiger partial charge on any atom is -0.423 e. The topological polar surface area (TPSA) is 78.5 Å². The van der Waals surface area contributed by atoms with Crippen LogP contribution < -0.4 is 21.0 Å². The summed E-state index contributed by atoms with van der Waals surface area (Å²) < 4.78 is 49.0. The summed E-state index contributed by atoms with van der Waals surface area (Å²) in [4.78, 5) is 37.8. The smallest absolute Gasteiger partial charge is 0.423 e. The summed E-state index contributed by atoms with van der Waals surface area (Å²) in [5.74, 6) is -3.35. The zero-order valence-corrected chi connectivity index (χ0v) is 15.8. The number of benzene rings is 1. The Labute approximate surface area is 161 Å². The number of hydrogen-bond acceptors (Lipinski definition) is 5. The Bertz CT molecular complexity index is 1130. The lowest BCUT2D eigenvalue weighted by Crippen LogP contribution is -2.51. The third-order valence-corrected chi connectivity index (χ3v) is 4.82. The Morgan fingerprint density at radius 3 is 2.18 bits per heavy atom. The van der Waals surface area contributed by atoms with Crippen molar-refractivity contribution in [2.24, 2.45) is 14.1 Å². The molecule has 3 rings (SSSR count). The van der Waals surface area contributed by atoms with Crippen molar-refractivity contribution in [3.8, 4) is 11.4 Å². The van der Waals surface area contributed by atoms with Gasteiger partial charge in [0.05, 0.1) is 11.4 Å². The number of nitrogens with zero attached hydrogens (tertiary/aromatic N) is 4. The molecule has 28 heavy (non-hydrogen) atoms. The van der Waals surface area contributed by atoms with Gasteiger partial charge in [0.1, 0.15) is 0 Å². The largest absolute Gasteiger partial charge is 0.482 e. The molecule has 0 bridgehead atoms. The summed E-state index contributed by atoms with van der Waals surface area (Å²) in [5.41, 5.74) is -2.55. The van der Waals surface area contributed by atoms with Crippen LogP contribution in [0.2, 0.25) is 0 Å². The van der Waals surface area contributed by atoms with Crippen molar-refractivity contribution in [1.29, 1.82) is 0 Å². The van der Waals surface area contributed by atoms with Crippen molar-refractivity contribution in [2.45, 2.75) is 19.5 Å². The van der Waals surface area contributed by atoms with E-state index in [0.29, 0.717) is 17.1 Å². The average Bonchev–Trinajstić information content (AvgIpc) is 2.63. The van der Waals surface area contributed by atoms with Gasteiger partial charge >= 0.3 is 23.4 Å². The number of halogens is 3. The van der Waals surface area contributed by atoms with Crippen LogP contribution >= 0.6 is 12.2 Å². The lowest BCUT2D eigenvalue weighted by atomic mass is 10.1. The van der Waals surface area contributed by atoms with Crippen LogP contribution in [0.25, 0.3) is 5.69 Å². The first-order valence-electron chi connectivity index (χ1n) is 8.13. The first kappa shape index (κ1) is 19.9. The molecule has 0 aliphatic carbocycles. The van der Waals surface area contributed by atoms with E-state index in [1.54, 1.807) is 6.92 Å². The van der Waals surface area contributed by atoms with Gasteiger partial charge in [0, 0.05) is 26.7 Å². The summed E-state index contributed by atoms with van der Waals surface area (Å²) in [6.07, 6.45) is -3.82. The molecule has 2 heterocycles. The van der Waals surface area contributed by atoms with E-state index in [2.05, 4.69) is 4.74 Å². The van der Waals surface area contributed by atoms with Gasteiger partial charge in [-0.1, -0.05) is 6.92 Å². The number of carbonyl (C=O) groups excluding carboxylic acids is 1. The van der Waals surface area contributed by atoms with E-state index < -0.39 is 40.6 Å². The molecule has 0 saturated heterocycles. The summed E-state index contributed by atoms with van der Waals surface area (Å²) in [7, 11) is 2.60. The highest BCUT2D eigenvalue weighted by molar-refractivity contribution is 7.71. The molecular formula is C16H15F3N4O4S. The van der Waals surface area contributed by atoms with E-state index in [0.717, 1.165) is 20.1 Å². The van der Waals surface area contributed by atoms with Gasteiger partial charge in [-0.05, 0) is 24.7 Å². The van der Waals surface area contributed by atoms with Crippen LogP contribution in [-0.4, -0.2) is 32.3 Å². The Kier molecular flexibility index (Phi) is 4.69. The van der Waals surface area contributed by atoms with Gasteiger partial charge in [-0.2, -0.15) is 8.78 Å². The van der Waals surface area contributed by atoms with Gasteiger partial charge in [-0.15, -0.1) is 0 Å². The second-order valence-corrected chi connectivity index (χ2v) is 6.51. The van der Waals surface area contributed by atoms with Gasteiger partial charge in [-0.25, -0.2) is 18.5 Å². The highest BCUT2D eigenvalue weighted by Crippen LogP contribution is 2.41. The quantitative estimate of drug-likeness (QED) is 0.709. The standard InChI is InChI=1S/C16H15F3N4O4S/c1-4-5-22-10-7-9(8(17)6-11(10)27-16(18,19)12(22)24)23-13(25)20(2)15(28)21(3)14(23)26/h6-7H,4-5H2,1-3H3. The third kappa shape index (κ3) is 2.84. The molecular weight excluding hydrogens is 401 g/mol. The Morgan fingerprint density at radius 2 is 1.64 bits per heavy atom. The molecule has 0 spiro atoms. The lowest BCUT2D eigenvalue weighted by molar-refractivity contribution is -0.192. The summed E-state index contributed by atoms with van der Waals surface area (Å²) in [5, 5.41) is 0. The maximum atomic E-state index is 14.7. The number of rotatable bonds is 3. The van der Waals surface area contributed by atoms with Gasteiger partial charge < -0.3 is 9.64 Å². The first-order chi connectivity index (χ1) is 13.0. The maximum Gasteiger partial charge on any atom is 0.482 e. The second-order valence-electron chi connectivity index (χ2n) is 6.15. The summed E-state index contributed by atoms with van der Waals surface area (Å²) >= 11 is 4.97. The molecule has 0 atom stereocenters. The molecule has 0 N–H and O–H groups in total. The fourth-order valence-corrected chi connectivity index (χ4v) is 3.02. The van der Waals surface area contributed by atoms with Crippen molar-refractivity contribution in [1.82, 2.24) is 13.7 Å². The Balaban J connectivity index is 2.35. The molecule has 0 radical (unpaired) electrons. The van der Waals surface area contributed by atoms with Crippen molar-refractivity contribution in [3.05, 3.63) is 43.7 Å². The number of amides is 1. The van der Waals surface area contributed by atoms with Crippen molar-refractivity contribution in [2.75, 3.05) is 11.4 Å². The lowest BCUT2D eigenvalue weighted by Gasteiger charge is -2.33. The molecule has 1 aromatic carbocycles. The molecule has 1 aromatic heterocycles. The number of aromatic nitrogens is 3. The molecule has 0 saturated carbocycles. The number of anilines is 1. The number of ether oxygens (including phenoxy) is 1. The zero-order chi connectivity index (χ0) is 21.0. The van der Waals surface area contributed by atoms with Gasteiger partial charge in [-0.3, -0.25) is 13.9 Å². The molecule has 0 fully saturated rings. The van der Waals surface area contributed by atoms with Gasteiger partial charge in [0.25, 0.3) is 0 Å². The Morgan fingerprint density at radius 1 is 1.07 bits per heavy atom. The van der Waals surface area contributed by atoms with Crippen LogP contribution in [-0.2, 0) is 18.9 Å². The van der Waals surface area contributed by atoms with E-state index >= 15 is 0 Å². The van der Waals surface area contributed by atoms with Crippen molar-refractivity contribution < 1.29 is 22.7 Å². The van der Waals surface area contributed by atoms with Crippen molar-refractivity contribution >= 4 is 23.8 Å². The minimum absolute atomic E-state index is 0.0876. The predicted molar refractivity (Wildman–Crippen MR) is 95.3 cm³/mol. The van der Waals surface area contributed by atoms with E-state index in [4.69, 9.17) is 12.2 Å². The fraction of sp³-hybridized carbons (Fsp3) is 0.375. The summed E-state index contributed by atoms with van der Waals surface area (Å²) in [6, 6.07) is 1.57. The fourth-order valence-electron chi connectivity index (χ4n) is 2.87. The van der Waals surface area contributed by atoms with Crippen LogP contribution in [0.3, 0.4) is 0 Å². The number of hydrogen-bond donors (Lipinski definition) is 0. The molecule has 2 aromatic rings. The highest BCUT2D eigenvalue weighted by atomic mass is 32.1. The highest BCUT2D eigenvalue weighted by Gasteiger charge is 2.50. The van der Waals surface area contributed by atoms with Crippen LogP contribution in [0.4, 0.5) is 18.9 Å². The molecule has 1 aliphatic rings. The Hall–Kier alpha value is -2.89. The van der Waals surface area contributed by atoms with Crippen molar-refractivity contribution in [3.63, 3.8) is 0 Å². The molecule has 1 aliphatic heterocycles. The molecule has 12 heteroatoms. The minimum atomic E-state index is -4.15. The monoisotopic (exact) mass is 416 g/mol. The van der Waals surface area contributed by atoms with Crippen LogP contribution in [0.15, 0.2) is 21.7 Å². The predicted octanol–water partition coefficient (Wildman–Crippen LogP) is 1.47. The van der Waals surface area contributed by atoms with Crippen LogP contribution in [0.1, 0.15) is 13.3 Å². The van der Waals surface area contributed by atoms with E-state index in [1.807, 2.05) is 0 Å². The number of alkyl halides is 2. The zero-order valence-electron chi connectivity index (χ0n) is 15.0. The molecule has 0 unspecified atom stereocenters. The number of fused-ring (bicyclic) bond motifs is 1. The molecule has 8 nitrogen and oxygen atoms in total. The van der Waals surface area contributed by atoms with Crippen LogP contribution in [0, 0.1) is 10.6 Å². The third-order valence-electron chi connectivity index (χ3n) is 4.27. The first-order valence-corrected chi connectivity index (χ1v) is 8.53. The van der Waals surface area contributed by atoms with E-state index in [1.165, 1.54) is 14.1 Å². The summed E-state index contributed by atoms with van der Waals surface area (Å²) in [6.45, 7) is 1.56. The van der Waals surface area contributed by atoms with E-state index in [9.17, 15) is 27.6 Å². The van der Waals surface area contributed by atoms with Gasteiger partial charge in [0.2, 0.25) is 0 Å². The number of carbonyl (C=O) groups is 1.